The number of morpholine rings is 1. The minimum absolute atomic E-state index is 0. The number of hydrogen-bond acceptors (Lipinski definition) is 4. The minimum Gasteiger partial charge on any atom is -0.379 e. The largest absolute Gasteiger partial charge is 0.379 e. The van der Waals surface area contributed by atoms with E-state index in [-0.39, 0.29) is 24.0 Å². The first kappa shape index (κ1) is 24.9. The average Bonchev–Trinajstić information content (AvgIpc) is 3.16. The fourth-order valence-electron chi connectivity index (χ4n) is 3.70. The van der Waals surface area contributed by atoms with Crippen molar-refractivity contribution in [3.63, 3.8) is 0 Å². The molecule has 1 aromatic rings. The zero-order valence-corrected chi connectivity index (χ0v) is 20.4. The molecule has 168 valence electrons. The highest BCUT2D eigenvalue weighted by Gasteiger charge is 2.18. The van der Waals surface area contributed by atoms with Crippen LogP contribution in [-0.2, 0) is 22.6 Å². The van der Waals surface area contributed by atoms with Gasteiger partial charge in [-0.15, -0.1) is 24.0 Å². The van der Waals surface area contributed by atoms with Crippen LogP contribution in [0.1, 0.15) is 37.3 Å². The molecule has 7 nitrogen and oxygen atoms in total. The van der Waals surface area contributed by atoms with Gasteiger partial charge in [-0.05, 0) is 30.9 Å². The lowest BCUT2D eigenvalue weighted by Crippen LogP contribution is -2.39. The summed E-state index contributed by atoms with van der Waals surface area (Å²) >= 11 is 0. The monoisotopic (exact) mass is 529 g/mol. The van der Waals surface area contributed by atoms with Crippen LogP contribution >= 0.6 is 24.0 Å². The van der Waals surface area contributed by atoms with Crippen molar-refractivity contribution >= 4 is 35.8 Å². The molecular formula is C22H36IN5O2. The number of carbonyl (C=O) groups excluding carboxylic acids is 1. The molecule has 2 saturated heterocycles. The Morgan fingerprint density at radius 3 is 2.50 bits per heavy atom. The summed E-state index contributed by atoms with van der Waals surface area (Å²) in [6, 6.07) is 8.74. The Morgan fingerprint density at radius 1 is 1.10 bits per heavy atom. The molecule has 3 rings (SSSR count). The van der Waals surface area contributed by atoms with Gasteiger partial charge in [-0.1, -0.05) is 24.3 Å². The van der Waals surface area contributed by atoms with Crippen molar-refractivity contribution < 1.29 is 9.53 Å². The molecule has 0 aromatic heterocycles. The Labute approximate surface area is 197 Å². The summed E-state index contributed by atoms with van der Waals surface area (Å²) < 4.78 is 5.41. The van der Waals surface area contributed by atoms with Gasteiger partial charge < -0.3 is 20.3 Å². The van der Waals surface area contributed by atoms with Gasteiger partial charge in [0.25, 0.3) is 0 Å². The molecule has 0 radical (unpaired) electrons. The molecule has 2 aliphatic rings. The Balaban J connectivity index is 0.00000320. The molecule has 0 spiro atoms. The number of benzene rings is 1. The quantitative estimate of drug-likeness (QED) is 0.222. The van der Waals surface area contributed by atoms with Gasteiger partial charge in [-0.2, -0.15) is 0 Å². The van der Waals surface area contributed by atoms with Crippen LogP contribution in [0.15, 0.2) is 29.3 Å². The molecule has 30 heavy (non-hydrogen) atoms. The molecule has 0 bridgehead atoms. The highest BCUT2D eigenvalue weighted by molar-refractivity contribution is 14.0. The molecule has 8 heteroatoms. The molecule has 1 amide bonds. The molecule has 1 aromatic carbocycles. The Hall–Kier alpha value is -1.39. The first-order valence-corrected chi connectivity index (χ1v) is 10.9. The first-order valence-electron chi connectivity index (χ1n) is 10.9. The maximum Gasteiger partial charge on any atom is 0.222 e. The van der Waals surface area contributed by atoms with Crippen molar-refractivity contribution in [3.05, 3.63) is 35.4 Å². The Morgan fingerprint density at radius 2 is 1.83 bits per heavy atom. The maximum atomic E-state index is 11.7. The Bertz CT molecular complexity index is 662. The van der Waals surface area contributed by atoms with Gasteiger partial charge in [0.05, 0.1) is 19.8 Å². The van der Waals surface area contributed by atoms with Crippen LogP contribution in [0, 0.1) is 0 Å². The third kappa shape index (κ3) is 8.39. The van der Waals surface area contributed by atoms with E-state index < -0.39 is 0 Å². The normalized spacial score (nSPS) is 17.7. The van der Waals surface area contributed by atoms with Crippen LogP contribution in [-0.4, -0.2) is 74.1 Å². The summed E-state index contributed by atoms with van der Waals surface area (Å²) in [6.07, 6.45) is 2.65. The molecule has 0 atom stereocenters. The van der Waals surface area contributed by atoms with Crippen molar-refractivity contribution in [1.29, 1.82) is 0 Å². The van der Waals surface area contributed by atoms with E-state index in [1.165, 1.54) is 11.1 Å². The zero-order chi connectivity index (χ0) is 20.3. The lowest BCUT2D eigenvalue weighted by atomic mass is 10.1. The minimum atomic E-state index is 0. The highest BCUT2D eigenvalue weighted by atomic mass is 127. The van der Waals surface area contributed by atoms with E-state index in [9.17, 15) is 4.79 Å². The predicted octanol–water partition coefficient (Wildman–Crippen LogP) is 2.20. The third-order valence-electron chi connectivity index (χ3n) is 5.37. The zero-order valence-electron chi connectivity index (χ0n) is 18.1. The molecule has 0 saturated carbocycles. The predicted molar refractivity (Wildman–Crippen MR) is 131 cm³/mol. The van der Waals surface area contributed by atoms with Crippen molar-refractivity contribution in [2.24, 2.45) is 4.99 Å². The molecule has 0 aliphatic carbocycles. The van der Waals surface area contributed by atoms with Crippen molar-refractivity contribution in [1.82, 2.24) is 20.4 Å². The van der Waals surface area contributed by atoms with Crippen molar-refractivity contribution in [2.45, 2.75) is 39.3 Å². The smallest absolute Gasteiger partial charge is 0.222 e. The SMILES string of the molecule is CCNC(=NCc1ccc(CN2CCOCC2)cc1)NCCCN1CCCC1=O.I. The lowest BCUT2D eigenvalue weighted by Gasteiger charge is -2.26. The molecule has 0 unspecified atom stereocenters. The van der Waals surface area contributed by atoms with Gasteiger partial charge in [0.2, 0.25) is 5.91 Å². The van der Waals surface area contributed by atoms with E-state index in [2.05, 4.69) is 46.7 Å². The number of hydrogen-bond donors (Lipinski definition) is 2. The molecule has 2 fully saturated rings. The van der Waals surface area contributed by atoms with Gasteiger partial charge in [0, 0.05) is 52.2 Å². The Kier molecular flexibility index (Phi) is 11.5. The number of amides is 1. The van der Waals surface area contributed by atoms with Crippen LogP contribution < -0.4 is 10.6 Å². The fraction of sp³-hybridized carbons (Fsp3) is 0.636. The number of aliphatic imine (C=N–C) groups is 1. The van der Waals surface area contributed by atoms with E-state index in [1.807, 2.05) is 4.90 Å². The molecular weight excluding hydrogens is 493 g/mol. The summed E-state index contributed by atoms with van der Waals surface area (Å²) in [4.78, 5) is 20.8. The van der Waals surface area contributed by atoms with Gasteiger partial charge in [0.1, 0.15) is 0 Å². The second kappa shape index (κ2) is 13.8. The highest BCUT2D eigenvalue weighted by Crippen LogP contribution is 2.11. The van der Waals surface area contributed by atoms with E-state index in [4.69, 9.17) is 9.73 Å². The van der Waals surface area contributed by atoms with Gasteiger partial charge in [-0.3, -0.25) is 9.69 Å². The van der Waals surface area contributed by atoms with Gasteiger partial charge in [0.15, 0.2) is 5.96 Å². The number of halogens is 1. The number of rotatable bonds is 9. The maximum absolute atomic E-state index is 11.7. The van der Waals surface area contributed by atoms with Gasteiger partial charge in [-0.25, -0.2) is 4.99 Å². The van der Waals surface area contributed by atoms with E-state index in [1.54, 1.807) is 0 Å². The number of ether oxygens (including phenoxy) is 1. The third-order valence-corrected chi connectivity index (χ3v) is 5.37. The standard InChI is InChI=1S/C22H35N5O2.HI/c1-2-23-22(24-10-4-12-27-11-3-5-21(27)28)25-17-19-6-8-20(9-7-19)18-26-13-15-29-16-14-26;/h6-9H,2-5,10-18H2,1H3,(H2,23,24,25);1H. The van der Waals surface area contributed by atoms with Crippen LogP contribution in [0.2, 0.25) is 0 Å². The summed E-state index contributed by atoms with van der Waals surface area (Å²) in [5, 5.41) is 6.67. The first-order chi connectivity index (χ1) is 14.2. The number of nitrogens with zero attached hydrogens (tertiary/aromatic N) is 3. The summed E-state index contributed by atoms with van der Waals surface area (Å²) in [6.45, 7) is 10.8. The number of nitrogens with one attached hydrogen (secondary N) is 2. The average molecular weight is 529 g/mol. The van der Waals surface area contributed by atoms with Crippen molar-refractivity contribution in [2.75, 3.05) is 52.5 Å². The van der Waals surface area contributed by atoms with Crippen molar-refractivity contribution in [3.8, 4) is 0 Å². The molecule has 2 aliphatic heterocycles. The number of likely N-dealkylation sites (tertiary alicyclic amines) is 1. The van der Waals surface area contributed by atoms with Gasteiger partial charge >= 0.3 is 0 Å². The van der Waals surface area contributed by atoms with Crippen LogP contribution in [0.25, 0.3) is 0 Å². The second-order valence-corrected chi connectivity index (χ2v) is 7.66. The molecule has 2 N–H and O–H groups in total. The molecule has 2 heterocycles. The summed E-state index contributed by atoms with van der Waals surface area (Å²) in [7, 11) is 0. The van der Waals surface area contributed by atoms with Crippen LogP contribution in [0.3, 0.4) is 0 Å². The number of guanidine groups is 1. The topological polar surface area (TPSA) is 69.2 Å². The van der Waals surface area contributed by atoms with E-state index in [0.29, 0.717) is 18.9 Å². The fourth-order valence-corrected chi connectivity index (χ4v) is 3.70. The van der Waals surface area contributed by atoms with E-state index >= 15 is 0 Å². The summed E-state index contributed by atoms with van der Waals surface area (Å²) in [5.74, 6) is 1.13. The van der Waals surface area contributed by atoms with E-state index in [0.717, 1.165) is 77.8 Å². The second-order valence-electron chi connectivity index (χ2n) is 7.66. The number of carbonyl (C=O) groups is 1. The lowest BCUT2D eigenvalue weighted by molar-refractivity contribution is -0.127. The van der Waals surface area contributed by atoms with Crippen LogP contribution in [0.5, 0.6) is 0 Å². The van der Waals surface area contributed by atoms with Crippen LogP contribution in [0.4, 0.5) is 0 Å². The summed E-state index contributed by atoms with van der Waals surface area (Å²) in [5.41, 5.74) is 2.54.